The van der Waals surface area contributed by atoms with Crippen LogP contribution in [0.1, 0.15) is 41.3 Å². The molecule has 1 aliphatic carbocycles. The molecule has 3 heteroatoms. The number of fused-ring (bicyclic) bond motifs is 1. The highest BCUT2D eigenvalue weighted by Crippen LogP contribution is 2.41. The number of rotatable bonds is 3. The van der Waals surface area contributed by atoms with Crippen LogP contribution in [0.2, 0.25) is 0 Å². The normalized spacial score (nSPS) is 19.0. The minimum absolute atomic E-state index is 0.724. The fourth-order valence-corrected chi connectivity index (χ4v) is 3.31. The van der Waals surface area contributed by atoms with E-state index in [2.05, 4.69) is 45.2 Å². The number of aromatic nitrogens is 2. The molecule has 1 aromatic heterocycles. The predicted octanol–water partition coefficient (Wildman–Crippen LogP) is 2.95. The summed E-state index contributed by atoms with van der Waals surface area (Å²) in [7, 11) is 0. The molecule has 2 aliphatic rings. The molecule has 0 saturated heterocycles. The number of nitrogens with zero attached hydrogens (tertiary/aromatic N) is 3. The second-order valence-corrected chi connectivity index (χ2v) is 6.22. The van der Waals surface area contributed by atoms with Crippen LogP contribution in [0.3, 0.4) is 0 Å². The van der Waals surface area contributed by atoms with Crippen molar-refractivity contribution in [2.75, 3.05) is 13.1 Å². The van der Waals surface area contributed by atoms with Gasteiger partial charge in [0.2, 0.25) is 0 Å². The Kier molecular flexibility index (Phi) is 3.44. The van der Waals surface area contributed by atoms with Crippen molar-refractivity contribution in [3.63, 3.8) is 0 Å². The van der Waals surface area contributed by atoms with Crippen LogP contribution in [0.5, 0.6) is 0 Å². The van der Waals surface area contributed by atoms with E-state index in [0.29, 0.717) is 0 Å². The Morgan fingerprint density at radius 1 is 1.00 bits per heavy atom. The zero-order chi connectivity index (χ0) is 14.1. The fourth-order valence-electron chi connectivity index (χ4n) is 3.31. The minimum atomic E-state index is 0.724. The first-order chi connectivity index (χ1) is 10.4. The summed E-state index contributed by atoms with van der Waals surface area (Å²) in [5, 5.41) is 0. The second-order valence-electron chi connectivity index (χ2n) is 6.22. The van der Waals surface area contributed by atoms with E-state index < -0.39 is 0 Å². The Morgan fingerprint density at radius 2 is 1.81 bits per heavy atom. The Balaban J connectivity index is 1.51. The van der Waals surface area contributed by atoms with E-state index in [1.54, 1.807) is 6.33 Å². The van der Waals surface area contributed by atoms with Crippen LogP contribution < -0.4 is 0 Å². The lowest BCUT2D eigenvalue weighted by atomic mass is 10.0. The van der Waals surface area contributed by atoms with Gasteiger partial charge in [-0.05, 0) is 30.4 Å². The van der Waals surface area contributed by atoms with Gasteiger partial charge in [-0.15, -0.1) is 0 Å². The summed E-state index contributed by atoms with van der Waals surface area (Å²) in [5.74, 6) is 0.724. The maximum Gasteiger partial charge on any atom is 0.115 e. The summed E-state index contributed by atoms with van der Waals surface area (Å²) in [6, 6.07) is 10.8. The summed E-state index contributed by atoms with van der Waals surface area (Å²) < 4.78 is 0. The Hall–Kier alpha value is -1.74. The highest BCUT2D eigenvalue weighted by atomic mass is 15.1. The van der Waals surface area contributed by atoms with Crippen molar-refractivity contribution in [1.29, 1.82) is 0 Å². The fraction of sp³-hybridized carbons (Fsp3) is 0.444. The van der Waals surface area contributed by atoms with Crippen molar-refractivity contribution in [3.05, 3.63) is 59.2 Å². The van der Waals surface area contributed by atoms with E-state index in [1.165, 1.54) is 35.4 Å². The highest BCUT2D eigenvalue weighted by Gasteiger charge is 2.29. The molecule has 0 unspecified atom stereocenters. The van der Waals surface area contributed by atoms with E-state index >= 15 is 0 Å². The van der Waals surface area contributed by atoms with Crippen LogP contribution in [-0.4, -0.2) is 28.0 Å². The predicted molar refractivity (Wildman–Crippen MR) is 83.1 cm³/mol. The molecule has 0 bridgehead atoms. The third-order valence-electron chi connectivity index (χ3n) is 4.62. The van der Waals surface area contributed by atoms with Gasteiger partial charge in [-0.3, -0.25) is 4.90 Å². The molecule has 3 nitrogen and oxygen atoms in total. The van der Waals surface area contributed by atoms with E-state index in [4.69, 9.17) is 0 Å². The molecule has 1 saturated carbocycles. The van der Waals surface area contributed by atoms with Gasteiger partial charge in [0.1, 0.15) is 6.33 Å². The van der Waals surface area contributed by atoms with Gasteiger partial charge < -0.3 is 0 Å². The molecule has 2 heterocycles. The molecule has 0 amide bonds. The Labute approximate surface area is 126 Å². The molecular weight excluding hydrogens is 258 g/mol. The lowest BCUT2D eigenvalue weighted by Gasteiger charge is -2.19. The SMILES string of the molecule is c1ccc(CN2CCc3ncnc(C4CC4)c3CC2)cc1. The first-order valence-corrected chi connectivity index (χ1v) is 7.99. The van der Waals surface area contributed by atoms with Gasteiger partial charge in [-0.25, -0.2) is 9.97 Å². The average Bonchev–Trinajstić information content (AvgIpc) is 3.36. The summed E-state index contributed by atoms with van der Waals surface area (Å²) in [4.78, 5) is 11.7. The summed E-state index contributed by atoms with van der Waals surface area (Å²) in [5.41, 5.74) is 5.50. The van der Waals surface area contributed by atoms with Gasteiger partial charge in [-0.2, -0.15) is 0 Å². The highest BCUT2D eigenvalue weighted by molar-refractivity contribution is 5.31. The Bertz CT molecular complexity index is 620. The molecule has 1 aliphatic heterocycles. The van der Waals surface area contributed by atoms with E-state index in [-0.39, 0.29) is 0 Å². The summed E-state index contributed by atoms with van der Waals surface area (Å²) in [6.07, 6.45) is 6.58. The van der Waals surface area contributed by atoms with Crippen molar-refractivity contribution in [2.45, 2.75) is 38.1 Å². The largest absolute Gasteiger partial charge is 0.298 e. The second kappa shape index (κ2) is 5.57. The van der Waals surface area contributed by atoms with Gasteiger partial charge in [0.15, 0.2) is 0 Å². The third kappa shape index (κ3) is 2.84. The first-order valence-electron chi connectivity index (χ1n) is 7.99. The van der Waals surface area contributed by atoms with Gasteiger partial charge in [0.25, 0.3) is 0 Å². The molecule has 0 atom stereocenters. The van der Waals surface area contributed by atoms with E-state index in [1.807, 2.05) is 0 Å². The minimum Gasteiger partial charge on any atom is -0.298 e. The molecule has 1 fully saturated rings. The lowest BCUT2D eigenvalue weighted by molar-refractivity contribution is 0.279. The summed E-state index contributed by atoms with van der Waals surface area (Å²) >= 11 is 0. The van der Waals surface area contributed by atoms with Gasteiger partial charge in [0, 0.05) is 37.7 Å². The monoisotopic (exact) mass is 279 g/mol. The quantitative estimate of drug-likeness (QED) is 0.865. The maximum atomic E-state index is 4.58. The first kappa shape index (κ1) is 13.0. The standard InChI is InChI=1S/C18H21N3/c1-2-4-14(5-3-1)12-21-10-8-16-17(9-11-21)19-13-20-18(16)15-6-7-15/h1-5,13,15H,6-12H2. The topological polar surface area (TPSA) is 29.0 Å². The lowest BCUT2D eigenvalue weighted by Crippen LogP contribution is -2.25. The molecule has 1 aromatic carbocycles. The van der Waals surface area contributed by atoms with E-state index in [0.717, 1.165) is 38.4 Å². The molecule has 0 spiro atoms. The molecule has 0 radical (unpaired) electrons. The van der Waals surface area contributed by atoms with Crippen LogP contribution >= 0.6 is 0 Å². The van der Waals surface area contributed by atoms with Crippen LogP contribution in [-0.2, 0) is 19.4 Å². The van der Waals surface area contributed by atoms with Crippen molar-refractivity contribution in [3.8, 4) is 0 Å². The zero-order valence-electron chi connectivity index (χ0n) is 12.3. The zero-order valence-corrected chi connectivity index (χ0v) is 12.3. The average molecular weight is 279 g/mol. The molecule has 21 heavy (non-hydrogen) atoms. The van der Waals surface area contributed by atoms with Crippen LogP contribution in [0.25, 0.3) is 0 Å². The third-order valence-corrected chi connectivity index (χ3v) is 4.62. The van der Waals surface area contributed by atoms with Crippen molar-refractivity contribution >= 4 is 0 Å². The van der Waals surface area contributed by atoms with Crippen molar-refractivity contribution < 1.29 is 0 Å². The number of benzene rings is 1. The van der Waals surface area contributed by atoms with Gasteiger partial charge in [-0.1, -0.05) is 30.3 Å². The van der Waals surface area contributed by atoms with Crippen molar-refractivity contribution in [1.82, 2.24) is 14.9 Å². The molecule has 2 aromatic rings. The molecule has 0 N–H and O–H groups in total. The maximum absolute atomic E-state index is 4.58. The molecule has 4 rings (SSSR count). The number of hydrogen-bond donors (Lipinski definition) is 0. The van der Waals surface area contributed by atoms with Gasteiger partial charge >= 0.3 is 0 Å². The van der Waals surface area contributed by atoms with Crippen LogP contribution in [0.4, 0.5) is 0 Å². The number of hydrogen-bond acceptors (Lipinski definition) is 3. The molecule has 108 valence electrons. The summed E-state index contributed by atoms with van der Waals surface area (Å²) in [6.45, 7) is 3.26. The van der Waals surface area contributed by atoms with Gasteiger partial charge in [0.05, 0.1) is 5.69 Å². The van der Waals surface area contributed by atoms with Crippen LogP contribution in [0.15, 0.2) is 36.7 Å². The smallest absolute Gasteiger partial charge is 0.115 e. The molecular formula is C18H21N3. The van der Waals surface area contributed by atoms with Crippen LogP contribution in [0, 0.1) is 0 Å². The Morgan fingerprint density at radius 3 is 2.62 bits per heavy atom. The van der Waals surface area contributed by atoms with E-state index in [9.17, 15) is 0 Å². The van der Waals surface area contributed by atoms with Crippen molar-refractivity contribution in [2.24, 2.45) is 0 Å².